The monoisotopic (exact) mass is 496 g/mol. The van der Waals surface area contributed by atoms with Gasteiger partial charge in [-0.1, -0.05) is 60.3 Å². The van der Waals surface area contributed by atoms with Crippen LogP contribution in [0.15, 0.2) is 42.5 Å². The minimum atomic E-state index is -0.690. The Morgan fingerprint density at radius 2 is 1.78 bits per heavy atom. The molecule has 1 aliphatic carbocycles. The number of hydrogen-bond acceptors (Lipinski definition) is 3. The number of nitrogens with zero attached hydrogens (tertiary/aromatic N) is 1. The Balaban J connectivity index is 1.71. The van der Waals surface area contributed by atoms with Crippen molar-refractivity contribution < 1.29 is 14.0 Å². The van der Waals surface area contributed by atoms with E-state index in [9.17, 15) is 14.0 Å². The molecule has 1 fully saturated rings. The van der Waals surface area contributed by atoms with Crippen molar-refractivity contribution in [3.8, 4) is 0 Å². The normalized spacial score (nSPS) is 14.9. The van der Waals surface area contributed by atoms with Crippen LogP contribution in [0.1, 0.15) is 43.7 Å². The van der Waals surface area contributed by atoms with E-state index < -0.39 is 6.04 Å². The molecule has 1 N–H and O–H groups in total. The Morgan fingerprint density at radius 1 is 1.12 bits per heavy atom. The highest BCUT2D eigenvalue weighted by atomic mass is 35.5. The third-order valence-electron chi connectivity index (χ3n) is 5.70. The molecular weight excluding hydrogens is 470 g/mol. The molecule has 0 aromatic heterocycles. The summed E-state index contributed by atoms with van der Waals surface area (Å²) in [5.74, 6) is -0.237. The van der Waals surface area contributed by atoms with Crippen molar-refractivity contribution in [3.05, 3.63) is 69.5 Å². The van der Waals surface area contributed by atoms with Gasteiger partial charge in [0, 0.05) is 33.9 Å². The summed E-state index contributed by atoms with van der Waals surface area (Å²) >= 11 is 14.0. The van der Waals surface area contributed by atoms with E-state index in [2.05, 4.69) is 5.32 Å². The van der Waals surface area contributed by atoms with Crippen LogP contribution in [0.5, 0.6) is 0 Å². The molecule has 2 aromatic rings. The fraction of sp³-hybridized carbons (Fsp3) is 0.417. The fourth-order valence-corrected chi connectivity index (χ4v) is 5.19. The lowest BCUT2D eigenvalue weighted by Gasteiger charge is -2.30. The first-order valence-electron chi connectivity index (χ1n) is 10.7. The second-order valence-corrected chi connectivity index (χ2v) is 9.77. The van der Waals surface area contributed by atoms with Crippen molar-refractivity contribution in [1.29, 1.82) is 0 Å². The largest absolute Gasteiger partial charge is 0.352 e. The van der Waals surface area contributed by atoms with Gasteiger partial charge in [0.1, 0.15) is 11.9 Å². The van der Waals surface area contributed by atoms with Gasteiger partial charge in [0.25, 0.3) is 0 Å². The molecule has 0 bridgehead atoms. The maximum Gasteiger partial charge on any atom is 0.242 e. The average Bonchev–Trinajstić information content (AvgIpc) is 3.27. The van der Waals surface area contributed by atoms with Gasteiger partial charge >= 0.3 is 0 Å². The maximum atomic E-state index is 13.9. The molecule has 0 spiro atoms. The molecule has 3 rings (SSSR count). The first-order chi connectivity index (χ1) is 15.4. The van der Waals surface area contributed by atoms with Crippen LogP contribution in [-0.4, -0.2) is 34.6 Å². The van der Waals surface area contributed by atoms with E-state index in [1.807, 2.05) is 0 Å². The predicted molar refractivity (Wildman–Crippen MR) is 129 cm³/mol. The molecule has 172 valence electrons. The molecule has 2 aromatic carbocycles. The van der Waals surface area contributed by atoms with Gasteiger partial charge in [0.2, 0.25) is 11.8 Å². The van der Waals surface area contributed by atoms with Gasteiger partial charge < -0.3 is 10.2 Å². The second-order valence-electron chi connectivity index (χ2n) is 7.97. The third kappa shape index (κ3) is 6.63. The van der Waals surface area contributed by atoms with Gasteiger partial charge in [0.15, 0.2) is 0 Å². The number of carbonyl (C=O) groups excluding carboxylic acids is 2. The Morgan fingerprint density at radius 3 is 2.44 bits per heavy atom. The standard InChI is InChI=1S/C24H27Cl2FN2O2S/c1-16(24(31)28-18-8-3-4-9-18)29(13-19-20(25)10-6-11-21(19)26)23(30)15-32-14-17-7-2-5-12-22(17)27/h2,5-7,10-12,16,18H,3-4,8-9,13-15H2,1H3,(H,28,31)/t16-/m1/s1. The fourth-order valence-electron chi connectivity index (χ4n) is 3.77. The van der Waals surface area contributed by atoms with Crippen LogP contribution in [0.2, 0.25) is 10.0 Å². The topological polar surface area (TPSA) is 49.4 Å². The molecule has 1 saturated carbocycles. The first-order valence-corrected chi connectivity index (χ1v) is 12.6. The number of rotatable bonds is 9. The van der Waals surface area contributed by atoms with Crippen molar-refractivity contribution in [2.45, 2.75) is 57.0 Å². The van der Waals surface area contributed by atoms with Crippen molar-refractivity contribution in [1.82, 2.24) is 10.2 Å². The summed E-state index contributed by atoms with van der Waals surface area (Å²) in [4.78, 5) is 27.6. The van der Waals surface area contributed by atoms with Crippen molar-refractivity contribution >= 4 is 46.8 Å². The predicted octanol–water partition coefficient (Wildman–Crippen LogP) is 5.84. The molecule has 1 aliphatic rings. The lowest BCUT2D eigenvalue weighted by atomic mass is 10.1. The van der Waals surface area contributed by atoms with E-state index in [0.717, 1.165) is 25.7 Å². The zero-order valence-electron chi connectivity index (χ0n) is 18.0. The number of nitrogens with one attached hydrogen (secondary N) is 1. The zero-order valence-corrected chi connectivity index (χ0v) is 20.3. The van der Waals surface area contributed by atoms with Gasteiger partial charge in [-0.2, -0.15) is 0 Å². The van der Waals surface area contributed by atoms with Gasteiger partial charge in [0.05, 0.1) is 5.75 Å². The van der Waals surface area contributed by atoms with E-state index >= 15 is 0 Å². The van der Waals surface area contributed by atoms with Gasteiger partial charge in [-0.3, -0.25) is 9.59 Å². The summed E-state index contributed by atoms with van der Waals surface area (Å²) in [7, 11) is 0. The van der Waals surface area contributed by atoms with Crippen LogP contribution >= 0.6 is 35.0 Å². The third-order valence-corrected chi connectivity index (χ3v) is 7.37. The number of hydrogen-bond donors (Lipinski definition) is 1. The van der Waals surface area contributed by atoms with Crippen LogP contribution in [-0.2, 0) is 21.9 Å². The number of amides is 2. The van der Waals surface area contributed by atoms with E-state index in [0.29, 0.717) is 26.9 Å². The van der Waals surface area contributed by atoms with E-state index in [4.69, 9.17) is 23.2 Å². The van der Waals surface area contributed by atoms with Crippen molar-refractivity contribution in [3.63, 3.8) is 0 Å². The maximum absolute atomic E-state index is 13.9. The number of carbonyl (C=O) groups is 2. The van der Waals surface area contributed by atoms with Crippen molar-refractivity contribution in [2.24, 2.45) is 0 Å². The lowest BCUT2D eigenvalue weighted by molar-refractivity contribution is -0.138. The highest BCUT2D eigenvalue weighted by Crippen LogP contribution is 2.27. The molecule has 0 saturated heterocycles. The summed E-state index contributed by atoms with van der Waals surface area (Å²) in [5, 5.41) is 3.95. The summed E-state index contributed by atoms with van der Waals surface area (Å²) < 4.78 is 13.9. The molecule has 2 amide bonds. The van der Waals surface area contributed by atoms with Gasteiger partial charge in [-0.25, -0.2) is 4.39 Å². The Kier molecular flexibility index (Phi) is 9.26. The van der Waals surface area contributed by atoms with E-state index in [-0.39, 0.29) is 36.0 Å². The smallest absolute Gasteiger partial charge is 0.242 e. The summed E-state index contributed by atoms with van der Waals surface area (Å²) in [6.07, 6.45) is 4.12. The molecule has 0 heterocycles. The summed E-state index contributed by atoms with van der Waals surface area (Å²) in [6.45, 7) is 1.84. The highest BCUT2D eigenvalue weighted by molar-refractivity contribution is 7.99. The molecule has 0 unspecified atom stereocenters. The quantitative estimate of drug-likeness (QED) is 0.474. The van der Waals surface area contributed by atoms with Crippen LogP contribution in [0.25, 0.3) is 0 Å². The van der Waals surface area contributed by atoms with E-state index in [1.165, 1.54) is 22.7 Å². The summed E-state index contributed by atoms with van der Waals surface area (Å²) in [6, 6.07) is 11.1. The summed E-state index contributed by atoms with van der Waals surface area (Å²) in [5.41, 5.74) is 1.14. The number of halogens is 3. The Hall–Kier alpha value is -1.76. The second kappa shape index (κ2) is 11.9. The average molecular weight is 497 g/mol. The number of thioether (sulfide) groups is 1. The van der Waals surface area contributed by atoms with E-state index in [1.54, 1.807) is 43.3 Å². The Bertz CT molecular complexity index is 933. The highest BCUT2D eigenvalue weighted by Gasteiger charge is 2.29. The van der Waals surface area contributed by atoms with Crippen LogP contribution in [0.4, 0.5) is 4.39 Å². The zero-order chi connectivity index (χ0) is 23.1. The van der Waals surface area contributed by atoms with Gasteiger partial charge in [-0.15, -0.1) is 11.8 Å². The van der Waals surface area contributed by atoms with Crippen molar-refractivity contribution in [2.75, 3.05) is 5.75 Å². The SMILES string of the molecule is C[C@H](C(=O)NC1CCCC1)N(Cc1c(Cl)cccc1Cl)C(=O)CSCc1ccccc1F. The molecule has 0 radical (unpaired) electrons. The Labute approximate surface area is 202 Å². The lowest BCUT2D eigenvalue weighted by Crippen LogP contribution is -2.50. The molecule has 0 aliphatic heterocycles. The molecule has 8 heteroatoms. The molecule has 4 nitrogen and oxygen atoms in total. The number of benzene rings is 2. The molecule has 1 atom stereocenters. The van der Waals surface area contributed by atoms with Crippen LogP contribution < -0.4 is 5.32 Å². The van der Waals surface area contributed by atoms with Gasteiger partial charge in [-0.05, 0) is 43.5 Å². The minimum Gasteiger partial charge on any atom is -0.352 e. The molecular formula is C24H27Cl2FN2O2S. The van der Waals surface area contributed by atoms with Crippen LogP contribution in [0, 0.1) is 5.82 Å². The first kappa shape index (κ1) is 24.9. The minimum absolute atomic E-state index is 0.109. The molecule has 32 heavy (non-hydrogen) atoms. The van der Waals surface area contributed by atoms with Crippen LogP contribution in [0.3, 0.4) is 0 Å².